The number of carbonyl (C=O) groups is 2. The third-order valence-electron chi connectivity index (χ3n) is 4.17. The van der Waals surface area contributed by atoms with Crippen LogP contribution in [-0.4, -0.2) is 37.9 Å². The molecule has 0 saturated carbocycles. The van der Waals surface area contributed by atoms with Crippen LogP contribution < -0.4 is 10.6 Å². The van der Waals surface area contributed by atoms with Gasteiger partial charge in [-0.05, 0) is 29.7 Å². The van der Waals surface area contributed by atoms with E-state index in [1.807, 2.05) is 44.3 Å². The first-order valence-corrected chi connectivity index (χ1v) is 9.12. The van der Waals surface area contributed by atoms with Crippen molar-refractivity contribution in [2.24, 2.45) is 13.0 Å². The van der Waals surface area contributed by atoms with E-state index >= 15 is 0 Å². The van der Waals surface area contributed by atoms with Gasteiger partial charge < -0.3 is 10.6 Å². The van der Waals surface area contributed by atoms with Crippen molar-refractivity contribution < 1.29 is 9.59 Å². The number of nitrogens with one attached hydrogen (secondary N) is 2. The maximum absolute atomic E-state index is 12.7. The minimum Gasteiger partial charge on any atom is -0.350 e. The predicted molar refractivity (Wildman–Crippen MR) is 106 cm³/mol. The molecule has 8 heteroatoms. The van der Waals surface area contributed by atoms with Crippen LogP contribution in [0.1, 0.15) is 40.3 Å². The minimum absolute atomic E-state index is 0.267. The molecule has 0 unspecified atom stereocenters. The molecule has 0 radical (unpaired) electrons. The van der Waals surface area contributed by atoms with Crippen molar-refractivity contribution >= 4 is 17.5 Å². The average molecular weight is 380 g/mol. The number of amides is 2. The number of aromatic nitrogens is 4. The van der Waals surface area contributed by atoms with Crippen LogP contribution in [0.5, 0.6) is 0 Å². The molecule has 0 aliphatic rings. The van der Waals surface area contributed by atoms with E-state index in [0.717, 1.165) is 5.56 Å². The smallest absolute Gasteiger partial charge is 0.271 e. The van der Waals surface area contributed by atoms with Crippen LogP contribution in [0.4, 0.5) is 5.69 Å². The van der Waals surface area contributed by atoms with Crippen LogP contribution in [0.15, 0.2) is 48.9 Å². The summed E-state index contributed by atoms with van der Waals surface area (Å²) in [5.41, 5.74) is 2.16. The molecule has 0 aliphatic heterocycles. The molecule has 28 heavy (non-hydrogen) atoms. The first-order chi connectivity index (χ1) is 13.4. The molecule has 0 aliphatic carbocycles. The predicted octanol–water partition coefficient (Wildman–Crippen LogP) is 2.30. The van der Waals surface area contributed by atoms with Crippen LogP contribution in [0.3, 0.4) is 0 Å². The summed E-state index contributed by atoms with van der Waals surface area (Å²) in [4.78, 5) is 25.2. The lowest BCUT2D eigenvalue weighted by Crippen LogP contribution is -2.30. The zero-order chi connectivity index (χ0) is 20.1. The normalized spacial score (nSPS) is 10.9. The van der Waals surface area contributed by atoms with Crippen molar-refractivity contribution in [1.29, 1.82) is 0 Å². The van der Waals surface area contributed by atoms with Crippen LogP contribution in [0.2, 0.25) is 0 Å². The van der Waals surface area contributed by atoms with Gasteiger partial charge in [-0.25, -0.2) is 0 Å². The SMILES string of the molecule is CC(C)CNC(=O)c1c(NC(=O)c2cccc(Cn3cccn3)c2)cnn1C. The Kier molecular flexibility index (Phi) is 5.88. The second-order valence-corrected chi connectivity index (χ2v) is 6.99. The number of benzene rings is 1. The molecule has 2 N–H and O–H groups in total. The summed E-state index contributed by atoms with van der Waals surface area (Å²) in [7, 11) is 1.67. The summed E-state index contributed by atoms with van der Waals surface area (Å²) in [6.45, 7) is 5.15. The highest BCUT2D eigenvalue weighted by Gasteiger charge is 2.19. The standard InChI is InChI=1S/C20H24N6O2/c1-14(2)11-21-20(28)18-17(12-23-25(18)3)24-19(27)16-7-4-6-15(10-16)13-26-9-5-8-22-26/h4-10,12,14H,11,13H2,1-3H3,(H,21,28)(H,24,27). The Morgan fingerprint density at radius 2 is 1.96 bits per heavy atom. The lowest BCUT2D eigenvalue weighted by Gasteiger charge is -2.11. The van der Waals surface area contributed by atoms with Gasteiger partial charge in [0.25, 0.3) is 11.8 Å². The minimum atomic E-state index is -0.298. The van der Waals surface area contributed by atoms with E-state index in [4.69, 9.17) is 0 Å². The Hall–Kier alpha value is -3.42. The Bertz CT molecular complexity index is 959. The molecule has 2 aromatic heterocycles. The largest absolute Gasteiger partial charge is 0.350 e. The van der Waals surface area contributed by atoms with Crippen molar-refractivity contribution in [2.75, 3.05) is 11.9 Å². The van der Waals surface area contributed by atoms with Gasteiger partial charge in [-0.2, -0.15) is 10.2 Å². The second kappa shape index (κ2) is 8.51. The highest BCUT2D eigenvalue weighted by atomic mass is 16.2. The lowest BCUT2D eigenvalue weighted by atomic mass is 10.1. The monoisotopic (exact) mass is 380 g/mol. The van der Waals surface area contributed by atoms with Gasteiger partial charge in [0.2, 0.25) is 0 Å². The van der Waals surface area contributed by atoms with E-state index < -0.39 is 0 Å². The van der Waals surface area contributed by atoms with Crippen molar-refractivity contribution in [3.63, 3.8) is 0 Å². The molecular weight excluding hydrogens is 356 g/mol. The first kappa shape index (κ1) is 19.3. The van der Waals surface area contributed by atoms with E-state index in [-0.39, 0.29) is 11.8 Å². The summed E-state index contributed by atoms with van der Waals surface area (Å²) in [6, 6.07) is 9.16. The molecule has 3 rings (SSSR count). The van der Waals surface area contributed by atoms with Crippen LogP contribution in [0.25, 0.3) is 0 Å². The highest BCUT2D eigenvalue weighted by Crippen LogP contribution is 2.16. The van der Waals surface area contributed by atoms with Crippen LogP contribution in [0, 0.1) is 5.92 Å². The van der Waals surface area contributed by atoms with Crippen molar-refractivity contribution in [2.45, 2.75) is 20.4 Å². The zero-order valence-electron chi connectivity index (χ0n) is 16.2. The summed E-state index contributed by atoms with van der Waals surface area (Å²) in [6.07, 6.45) is 5.06. The van der Waals surface area contributed by atoms with Gasteiger partial charge in [-0.1, -0.05) is 26.0 Å². The molecule has 1 aromatic carbocycles. The van der Waals surface area contributed by atoms with Gasteiger partial charge in [0.15, 0.2) is 0 Å². The summed E-state index contributed by atoms with van der Waals surface area (Å²) < 4.78 is 3.24. The number of carbonyl (C=O) groups excluding carboxylic acids is 2. The van der Waals surface area contributed by atoms with E-state index in [1.165, 1.54) is 10.9 Å². The molecule has 0 spiro atoms. The molecule has 146 valence electrons. The molecule has 2 heterocycles. The topological polar surface area (TPSA) is 93.8 Å². The Morgan fingerprint density at radius 1 is 1.14 bits per heavy atom. The van der Waals surface area contributed by atoms with Crippen molar-refractivity contribution in [3.8, 4) is 0 Å². The van der Waals surface area contributed by atoms with Crippen LogP contribution >= 0.6 is 0 Å². The molecular formula is C20H24N6O2. The average Bonchev–Trinajstić information content (AvgIpc) is 3.30. The lowest BCUT2D eigenvalue weighted by molar-refractivity contribution is 0.0940. The fourth-order valence-corrected chi connectivity index (χ4v) is 2.77. The molecule has 8 nitrogen and oxygen atoms in total. The number of anilines is 1. The van der Waals surface area contributed by atoms with E-state index in [9.17, 15) is 9.59 Å². The Morgan fingerprint density at radius 3 is 2.68 bits per heavy atom. The summed E-state index contributed by atoms with van der Waals surface area (Å²) >= 11 is 0. The van der Waals surface area contributed by atoms with Gasteiger partial charge in [-0.3, -0.25) is 19.0 Å². The Balaban J connectivity index is 1.74. The molecule has 0 fully saturated rings. The van der Waals surface area contributed by atoms with Gasteiger partial charge in [0, 0.05) is 31.5 Å². The summed E-state index contributed by atoms with van der Waals surface area (Å²) in [5, 5.41) is 13.9. The van der Waals surface area contributed by atoms with Gasteiger partial charge in [-0.15, -0.1) is 0 Å². The second-order valence-electron chi connectivity index (χ2n) is 6.99. The Labute approximate surface area is 163 Å². The number of rotatable bonds is 7. The fourth-order valence-electron chi connectivity index (χ4n) is 2.77. The van der Waals surface area contributed by atoms with Gasteiger partial charge in [0.1, 0.15) is 5.69 Å². The summed E-state index contributed by atoms with van der Waals surface area (Å²) in [5.74, 6) is -0.239. The molecule has 0 atom stereocenters. The molecule has 3 aromatic rings. The van der Waals surface area contributed by atoms with Gasteiger partial charge in [0.05, 0.1) is 18.4 Å². The van der Waals surface area contributed by atoms with Crippen molar-refractivity contribution in [3.05, 3.63) is 65.7 Å². The third kappa shape index (κ3) is 4.64. The maximum Gasteiger partial charge on any atom is 0.271 e. The quantitative estimate of drug-likeness (QED) is 0.658. The molecule has 0 bridgehead atoms. The van der Waals surface area contributed by atoms with Crippen molar-refractivity contribution in [1.82, 2.24) is 24.9 Å². The van der Waals surface area contributed by atoms with E-state index in [2.05, 4.69) is 20.8 Å². The van der Waals surface area contributed by atoms with Gasteiger partial charge >= 0.3 is 0 Å². The maximum atomic E-state index is 12.7. The highest BCUT2D eigenvalue weighted by molar-refractivity contribution is 6.08. The van der Waals surface area contributed by atoms with E-state index in [0.29, 0.717) is 36.0 Å². The third-order valence-corrected chi connectivity index (χ3v) is 4.17. The zero-order valence-corrected chi connectivity index (χ0v) is 16.2. The molecule has 2 amide bonds. The van der Waals surface area contributed by atoms with Crippen LogP contribution in [-0.2, 0) is 13.6 Å². The number of aryl methyl sites for hydroxylation is 1. The first-order valence-electron chi connectivity index (χ1n) is 9.12. The van der Waals surface area contributed by atoms with E-state index in [1.54, 1.807) is 24.0 Å². The number of nitrogens with zero attached hydrogens (tertiary/aromatic N) is 4. The number of hydrogen-bond donors (Lipinski definition) is 2. The fraction of sp³-hybridized carbons (Fsp3) is 0.300. The number of hydrogen-bond acceptors (Lipinski definition) is 4. The molecule has 0 saturated heterocycles.